The van der Waals surface area contributed by atoms with Crippen molar-refractivity contribution in [2.75, 3.05) is 17.7 Å². The predicted molar refractivity (Wildman–Crippen MR) is 88.4 cm³/mol. The molecule has 1 heterocycles. The third-order valence-electron chi connectivity index (χ3n) is 3.04. The summed E-state index contributed by atoms with van der Waals surface area (Å²) in [6, 6.07) is 4.21. The number of amides is 1. The summed E-state index contributed by atoms with van der Waals surface area (Å²) in [5.74, 6) is -3.37. The summed E-state index contributed by atoms with van der Waals surface area (Å²) < 4.78 is 56.0. The standard InChI is InChI=1S/C16H14F4N2O3S/c17-11-6-10(25-16(19)20)7-12(18)14(11)15(24)22-13-5-9(1-2-21-13)8-26-4-3-23/h1-2,5-7,16,23H,3-4,8H2,(H,21,22,24). The molecule has 0 radical (unpaired) electrons. The van der Waals surface area contributed by atoms with E-state index in [-0.39, 0.29) is 12.4 Å². The Hall–Kier alpha value is -2.33. The van der Waals surface area contributed by atoms with Crippen molar-refractivity contribution >= 4 is 23.5 Å². The summed E-state index contributed by atoms with van der Waals surface area (Å²) in [6.07, 6.45) is 1.41. The Morgan fingerprint density at radius 1 is 1.27 bits per heavy atom. The van der Waals surface area contributed by atoms with Crippen molar-refractivity contribution in [3.63, 3.8) is 0 Å². The maximum absolute atomic E-state index is 13.9. The highest BCUT2D eigenvalue weighted by Crippen LogP contribution is 2.23. The van der Waals surface area contributed by atoms with Gasteiger partial charge in [-0.2, -0.15) is 20.5 Å². The van der Waals surface area contributed by atoms with Gasteiger partial charge in [-0.05, 0) is 17.7 Å². The lowest BCUT2D eigenvalue weighted by Crippen LogP contribution is -2.17. The van der Waals surface area contributed by atoms with E-state index in [1.165, 1.54) is 24.0 Å². The van der Waals surface area contributed by atoms with Crippen LogP contribution in [0.2, 0.25) is 0 Å². The van der Waals surface area contributed by atoms with E-state index in [9.17, 15) is 22.4 Å². The molecule has 0 saturated heterocycles. The maximum atomic E-state index is 13.9. The summed E-state index contributed by atoms with van der Waals surface area (Å²) in [6.45, 7) is -3.22. The van der Waals surface area contributed by atoms with Gasteiger partial charge in [-0.1, -0.05) is 0 Å². The van der Waals surface area contributed by atoms with Crippen LogP contribution in [-0.2, 0) is 5.75 Å². The number of halogens is 4. The number of alkyl halides is 2. The molecule has 5 nitrogen and oxygen atoms in total. The van der Waals surface area contributed by atoms with Crippen LogP contribution in [-0.4, -0.2) is 35.0 Å². The number of carbonyl (C=O) groups excluding carboxylic acids is 1. The van der Waals surface area contributed by atoms with Crippen LogP contribution < -0.4 is 10.1 Å². The number of benzene rings is 1. The average Bonchev–Trinajstić information content (AvgIpc) is 2.54. The molecule has 0 fully saturated rings. The third kappa shape index (κ3) is 5.60. The van der Waals surface area contributed by atoms with E-state index in [0.29, 0.717) is 23.6 Å². The number of aliphatic hydroxyl groups excluding tert-OH is 1. The SMILES string of the molecule is O=C(Nc1cc(CSCCO)ccn1)c1c(F)cc(OC(F)F)cc1F. The molecule has 1 amide bonds. The minimum Gasteiger partial charge on any atom is -0.435 e. The van der Waals surface area contributed by atoms with Crippen LogP contribution in [0.4, 0.5) is 23.4 Å². The third-order valence-corrected chi connectivity index (χ3v) is 4.05. The van der Waals surface area contributed by atoms with Gasteiger partial charge in [0.25, 0.3) is 5.91 Å². The topological polar surface area (TPSA) is 71.5 Å². The van der Waals surface area contributed by atoms with Crippen molar-refractivity contribution in [2.24, 2.45) is 0 Å². The molecule has 0 aliphatic heterocycles. The smallest absolute Gasteiger partial charge is 0.387 e. The highest BCUT2D eigenvalue weighted by atomic mass is 32.2. The van der Waals surface area contributed by atoms with Gasteiger partial charge in [0.15, 0.2) is 0 Å². The molecule has 2 rings (SSSR count). The van der Waals surface area contributed by atoms with Crippen molar-refractivity contribution < 1.29 is 32.2 Å². The summed E-state index contributed by atoms with van der Waals surface area (Å²) >= 11 is 1.46. The summed E-state index contributed by atoms with van der Waals surface area (Å²) in [5, 5.41) is 11.0. The molecule has 0 spiro atoms. The first-order chi connectivity index (χ1) is 12.4. The molecule has 2 aromatic rings. The molecule has 1 aromatic carbocycles. The van der Waals surface area contributed by atoms with E-state index in [2.05, 4.69) is 15.0 Å². The lowest BCUT2D eigenvalue weighted by Gasteiger charge is -2.10. The molecule has 0 bridgehead atoms. The number of carbonyl (C=O) groups is 1. The Bertz CT molecular complexity index is 754. The van der Waals surface area contributed by atoms with E-state index in [4.69, 9.17) is 5.11 Å². The van der Waals surface area contributed by atoms with E-state index in [1.54, 1.807) is 6.07 Å². The number of hydrogen-bond donors (Lipinski definition) is 2. The predicted octanol–water partition coefficient (Wildman–Crippen LogP) is 3.44. The first kappa shape index (κ1) is 20.0. The van der Waals surface area contributed by atoms with Crippen molar-refractivity contribution in [3.8, 4) is 5.75 Å². The van der Waals surface area contributed by atoms with Crippen molar-refractivity contribution in [1.29, 1.82) is 0 Å². The fourth-order valence-corrected chi connectivity index (χ4v) is 2.69. The molecule has 0 aliphatic carbocycles. The summed E-state index contributed by atoms with van der Waals surface area (Å²) in [4.78, 5) is 16.0. The van der Waals surface area contributed by atoms with E-state index in [0.717, 1.165) is 5.56 Å². The molecule has 140 valence electrons. The van der Waals surface area contributed by atoms with Gasteiger partial charge < -0.3 is 15.2 Å². The van der Waals surface area contributed by atoms with Gasteiger partial charge in [-0.3, -0.25) is 4.79 Å². The molecule has 0 aliphatic rings. The van der Waals surface area contributed by atoms with Gasteiger partial charge in [0.05, 0.1) is 6.61 Å². The van der Waals surface area contributed by atoms with E-state index >= 15 is 0 Å². The lowest BCUT2D eigenvalue weighted by atomic mass is 10.1. The maximum Gasteiger partial charge on any atom is 0.387 e. The van der Waals surface area contributed by atoms with Gasteiger partial charge in [-0.25, -0.2) is 13.8 Å². The molecule has 26 heavy (non-hydrogen) atoms. The molecule has 2 N–H and O–H groups in total. The second-order valence-corrected chi connectivity index (χ2v) is 6.03. The number of ether oxygens (including phenoxy) is 1. The number of hydrogen-bond acceptors (Lipinski definition) is 5. The van der Waals surface area contributed by atoms with Crippen LogP contribution in [0, 0.1) is 11.6 Å². The van der Waals surface area contributed by atoms with Crippen LogP contribution in [0.5, 0.6) is 5.75 Å². The molecule has 10 heteroatoms. The summed E-state index contributed by atoms with van der Waals surface area (Å²) in [5.41, 5.74) is -0.149. The Morgan fingerprint density at radius 2 is 1.96 bits per heavy atom. The largest absolute Gasteiger partial charge is 0.435 e. The Kier molecular flexibility index (Phi) is 7.22. The number of nitrogens with one attached hydrogen (secondary N) is 1. The minimum absolute atomic E-state index is 0.0309. The zero-order chi connectivity index (χ0) is 19.1. The molecule has 0 saturated carbocycles. The van der Waals surface area contributed by atoms with Crippen LogP contribution in [0.15, 0.2) is 30.5 Å². The molecular weight excluding hydrogens is 376 g/mol. The number of thioether (sulfide) groups is 1. The molecule has 0 unspecified atom stereocenters. The lowest BCUT2D eigenvalue weighted by molar-refractivity contribution is -0.0501. The van der Waals surface area contributed by atoms with Crippen molar-refractivity contribution in [3.05, 3.63) is 53.2 Å². The normalized spacial score (nSPS) is 10.8. The van der Waals surface area contributed by atoms with Gasteiger partial charge in [0.1, 0.15) is 28.8 Å². The van der Waals surface area contributed by atoms with Gasteiger partial charge in [-0.15, -0.1) is 0 Å². The molecule has 0 atom stereocenters. The van der Waals surface area contributed by atoms with E-state index in [1.807, 2.05) is 0 Å². The highest BCUT2D eigenvalue weighted by Gasteiger charge is 2.21. The van der Waals surface area contributed by atoms with Crippen molar-refractivity contribution in [2.45, 2.75) is 12.4 Å². The van der Waals surface area contributed by atoms with Gasteiger partial charge in [0.2, 0.25) is 0 Å². The molecular formula is C16H14F4N2O3S. The quantitative estimate of drug-likeness (QED) is 0.534. The number of rotatable bonds is 8. The Labute approximate surface area is 150 Å². The second kappa shape index (κ2) is 9.39. The number of pyridine rings is 1. The fraction of sp³-hybridized carbons (Fsp3) is 0.250. The zero-order valence-electron chi connectivity index (χ0n) is 13.2. The molecule has 1 aromatic heterocycles. The minimum atomic E-state index is -3.25. The summed E-state index contributed by atoms with van der Waals surface area (Å²) in [7, 11) is 0. The van der Waals surface area contributed by atoms with Gasteiger partial charge >= 0.3 is 6.61 Å². The monoisotopic (exact) mass is 390 g/mol. The van der Waals surface area contributed by atoms with Crippen LogP contribution >= 0.6 is 11.8 Å². The van der Waals surface area contributed by atoms with Crippen molar-refractivity contribution in [1.82, 2.24) is 4.98 Å². The van der Waals surface area contributed by atoms with Crippen LogP contribution in [0.3, 0.4) is 0 Å². The average molecular weight is 390 g/mol. The zero-order valence-corrected chi connectivity index (χ0v) is 14.0. The first-order valence-corrected chi connectivity index (χ1v) is 8.45. The number of aromatic nitrogens is 1. The van der Waals surface area contributed by atoms with Crippen LogP contribution in [0.1, 0.15) is 15.9 Å². The number of aliphatic hydroxyl groups is 1. The fourth-order valence-electron chi connectivity index (χ4n) is 2.00. The van der Waals surface area contributed by atoms with E-state index < -0.39 is 35.5 Å². The Balaban J connectivity index is 2.13. The first-order valence-electron chi connectivity index (χ1n) is 7.29. The number of anilines is 1. The Morgan fingerprint density at radius 3 is 2.58 bits per heavy atom. The highest BCUT2D eigenvalue weighted by molar-refractivity contribution is 7.98. The van der Waals surface area contributed by atoms with Gasteiger partial charge in [0, 0.05) is 29.8 Å². The van der Waals surface area contributed by atoms with Crippen LogP contribution in [0.25, 0.3) is 0 Å². The number of nitrogens with zero attached hydrogens (tertiary/aromatic N) is 1. The second-order valence-electron chi connectivity index (χ2n) is 4.92.